The third kappa shape index (κ3) is 3.19. The average molecular weight is 288 g/mol. The van der Waals surface area contributed by atoms with Crippen molar-refractivity contribution < 1.29 is 4.74 Å². The van der Waals surface area contributed by atoms with E-state index in [-0.39, 0.29) is 5.60 Å². The number of hydrogen-bond donors (Lipinski definition) is 1. The normalized spacial score (nSPS) is 33.4. The number of nitrogens with one attached hydrogen (secondary N) is 1. The molecule has 0 aromatic carbocycles. The van der Waals surface area contributed by atoms with Gasteiger partial charge in [0, 0.05) is 31.9 Å². The van der Waals surface area contributed by atoms with Crippen LogP contribution in [0.15, 0.2) is 18.5 Å². The Morgan fingerprint density at radius 3 is 3.00 bits per heavy atom. The molecule has 2 aliphatic heterocycles. The molecule has 1 saturated carbocycles. The minimum absolute atomic E-state index is 0.0690. The van der Waals surface area contributed by atoms with Gasteiger partial charge in [0.05, 0.1) is 18.2 Å². The highest BCUT2D eigenvalue weighted by molar-refractivity contribution is 5.25. The zero-order valence-corrected chi connectivity index (χ0v) is 12.5. The van der Waals surface area contributed by atoms with Crippen molar-refractivity contribution in [2.24, 2.45) is 5.92 Å². The second-order valence-electron chi connectivity index (χ2n) is 6.89. The van der Waals surface area contributed by atoms with Gasteiger partial charge in [0.15, 0.2) is 0 Å². The third-order valence-corrected chi connectivity index (χ3v) is 4.94. The Balaban J connectivity index is 1.35. The monoisotopic (exact) mass is 288 g/mol. The van der Waals surface area contributed by atoms with Gasteiger partial charge in [-0.25, -0.2) is 9.97 Å². The van der Waals surface area contributed by atoms with E-state index in [1.165, 1.54) is 38.8 Å². The second kappa shape index (κ2) is 5.54. The topological polar surface area (TPSA) is 50.3 Å². The minimum atomic E-state index is 0.0690. The number of anilines is 1. The van der Waals surface area contributed by atoms with Gasteiger partial charge < -0.3 is 15.0 Å². The molecule has 1 aromatic rings. The fraction of sp³-hybridized carbons (Fsp3) is 0.750. The number of piperidine rings is 1. The fourth-order valence-corrected chi connectivity index (χ4v) is 3.79. The van der Waals surface area contributed by atoms with E-state index >= 15 is 0 Å². The van der Waals surface area contributed by atoms with Crippen molar-refractivity contribution in [1.29, 1.82) is 0 Å². The highest BCUT2D eigenvalue weighted by atomic mass is 16.5. The molecule has 21 heavy (non-hydrogen) atoms. The van der Waals surface area contributed by atoms with Gasteiger partial charge in [-0.05, 0) is 44.2 Å². The van der Waals surface area contributed by atoms with Crippen LogP contribution in [-0.2, 0) is 4.74 Å². The van der Waals surface area contributed by atoms with Crippen molar-refractivity contribution in [3.63, 3.8) is 0 Å². The van der Waals surface area contributed by atoms with Crippen LogP contribution >= 0.6 is 0 Å². The number of ether oxygens (including phenoxy) is 1. The summed E-state index contributed by atoms with van der Waals surface area (Å²) >= 11 is 0. The van der Waals surface area contributed by atoms with Crippen molar-refractivity contribution in [2.75, 3.05) is 31.6 Å². The summed E-state index contributed by atoms with van der Waals surface area (Å²) in [6.45, 7) is 4.42. The van der Waals surface area contributed by atoms with Gasteiger partial charge >= 0.3 is 0 Å². The Hall–Kier alpha value is -1.20. The lowest BCUT2D eigenvalue weighted by Gasteiger charge is -2.39. The standard InChI is InChI=1S/C16H24N4O/c1-5-16(12-20(8-1)10-13-3-4-13)9-14(11-21-16)19-15-17-6-2-7-18-15/h2,6-7,13-14H,1,3-5,8-12H2,(H,17,18,19)/t14-,16-/m1/s1. The zero-order valence-electron chi connectivity index (χ0n) is 12.5. The Labute approximate surface area is 126 Å². The summed E-state index contributed by atoms with van der Waals surface area (Å²) in [6.07, 6.45) is 9.95. The Morgan fingerprint density at radius 1 is 1.33 bits per heavy atom. The van der Waals surface area contributed by atoms with Crippen molar-refractivity contribution in [2.45, 2.75) is 43.7 Å². The molecule has 0 radical (unpaired) electrons. The summed E-state index contributed by atoms with van der Waals surface area (Å²) in [5.41, 5.74) is 0.0690. The fourth-order valence-electron chi connectivity index (χ4n) is 3.79. The van der Waals surface area contributed by atoms with Crippen LogP contribution in [0.1, 0.15) is 32.1 Å². The summed E-state index contributed by atoms with van der Waals surface area (Å²) in [5.74, 6) is 1.68. The lowest BCUT2D eigenvalue weighted by Crippen LogP contribution is -2.48. The highest BCUT2D eigenvalue weighted by Gasteiger charge is 2.44. The van der Waals surface area contributed by atoms with Gasteiger partial charge in [-0.3, -0.25) is 0 Å². The van der Waals surface area contributed by atoms with Gasteiger partial charge in [-0.2, -0.15) is 0 Å². The molecule has 114 valence electrons. The summed E-state index contributed by atoms with van der Waals surface area (Å²) in [4.78, 5) is 11.1. The minimum Gasteiger partial charge on any atom is -0.371 e. The molecule has 0 unspecified atom stereocenters. The molecule has 2 atom stereocenters. The van der Waals surface area contributed by atoms with Gasteiger partial charge in [0.2, 0.25) is 5.95 Å². The van der Waals surface area contributed by atoms with E-state index in [1.807, 2.05) is 6.07 Å². The molecular formula is C16H24N4O. The summed E-state index contributed by atoms with van der Waals surface area (Å²) in [7, 11) is 0. The molecule has 4 rings (SSSR count). The number of aromatic nitrogens is 2. The van der Waals surface area contributed by atoms with Gasteiger partial charge in [-0.15, -0.1) is 0 Å². The van der Waals surface area contributed by atoms with Crippen molar-refractivity contribution in [1.82, 2.24) is 14.9 Å². The van der Waals surface area contributed by atoms with E-state index in [0.29, 0.717) is 12.0 Å². The molecule has 3 fully saturated rings. The first-order chi connectivity index (χ1) is 10.3. The van der Waals surface area contributed by atoms with Gasteiger partial charge in [0.1, 0.15) is 0 Å². The van der Waals surface area contributed by atoms with Crippen LogP contribution in [0.3, 0.4) is 0 Å². The quantitative estimate of drug-likeness (QED) is 0.917. The maximum Gasteiger partial charge on any atom is 0.222 e. The molecule has 1 aromatic heterocycles. The van der Waals surface area contributed by atoms with Crippen LogP contribution in [0.5, 0.6) is 0 Å². The van der Waals surface area contributed by atoms with Crippen LogP contribution < -0.4 is 5.32 Å². The first kappa shape index (κ1) is 13.5. The van der Waals surface area contributed by atoms with Gasteiger partial charge in [0.25, 0.3) is 0 Å². The van der Waals surface area contributed by atoms with Crippen LogP contribution in [-0.4, -0.2) is 52.8 Å². The third-order valence-electron chi connectivity index (χ3n) is 4.94. The SMILES string of the molecule is c1cnc(N[C@H]2CO[C@]3(CCCN(CC4CC4)C3)C2)nc1. The Morgan fingerprint density at radius 2 is 2.19 bits per heavy atom. The second-order valence-corrected chi connectivity index (χ2v) is 6.89. The van der Waals surface area contributed by atoms with Crippen molar-refractivity contribution >= 4 is 5.95 Å². The molecule has 3 aliphatic rings. The Kier molecular flexibility index (Phi) is 3.55. The van der Waals surface area contributed by atoms with Crippen molar-refractivity contribution in [3.8, 4) is 0 Å². The van der Waals surface area contributed by atoms with E-state index in [4.69, 9.17) is 4.74 Å². The lowest BCUT2D eigenvalue weighted by atomic mass is 9.88. The molecule has 1 spiro atoms. The smallest absolute Gasteiger partial charge is 0.222 e. The Bertz CT molecular complexity index is 478. The zero-order chi connectivity index (χ0) is 14.1. The van der Waals surface area contributed by atoms with Crippen molar-refractivity contribution in [3.05, 3.63) is 18.5 Å². The molecule has 5 heteroatoms. The lowest BCUT2D eigenvalue weighted by molar-refractivity contribution is -0.0521. The molecule has 3 heterocycles. The molecular weight excluding hydrogens is 264 g/mol. The van der Waals surface area contributed by atoms with Crippen LogP contribution in [0.2, 0.25) is 0 Å². The number of hydrogen-bond acceptors (Lipinski definition) is 5. The largest absolute Gasteiger partial charge is 0.371 e. The maximum atomic E-state index is 6.24. The highest BCUT2D eigenvalue weighted by Crippen LogP contribution is 2.37. The average Bonchev–Trinajstić information content (AvgIpc) is 3.23. The molecule has 0 bridgehead atoms. The first-order valence-corrected chi connectivity index (χ1v) is 8.21. The summed E-state index contributed by atoms with van der Waals surface area (Å²) in [6, 6.07) is 2.18. The van der Waals surface area contributed by atoms with E-state index in [9.17, 15) is 0 Å². The van der Waals surface area contributed by atoms with Crippen LogP contribution in [0, 0.1) is 5.92 Å². The number of likely N-dealkylation sites (tertiary alicyclic amines) is 1. The molecule has 1 N–H and O–H groups in total. The predicted molar refractivity (Wildman–Crippen MR) is 81.1 cm³/mol. The van der Waals surface area contributed by atoms with E-state index in [0.717, 1.165) is 25.5 Å². The van der Waals surface area contributed by atoms with Crippen LogP contribution in [0.25, 0.3) is 0 Å². The molecule has 1 aliphatic carbocycles. The molecule has 2 saturated heterocycles. The maximum absolute atomic E-state index is 6.24. The van der Waals surface area contributed by atoms with E-state index in [1.54, 1.807) is 12.4 Å². The van der Waals surface area contributed by atoms with E-state index < -0.39 is 0 Å². The first-order valence-electron chi connectivity index (χ1n) is 8.21. The predicted octanol–water partition coefficient (Wildman–Crippen LogP) is 1.92. The summed E-state index contributed by atoms with van der Waals surface area (Å²) in [5, 5.41) is 3.41. The van der Waals surface area contributed by atoms with Gasteiger partial charge in [-0.1, -0.05) is 0 Å². The van der Waals surface area contributed by atoms with Crippen LogP contribution in [0.4, 0.5) is 5.95 Å². The summed E-state index contributed by atoms with van der Waals surface area (Å²) < 4.78 is 6.24. The number of rotatable bonds is 4. The number of nitrogens with zero attached hydrogens (tertiary/aromatic N) is 3. The van der Waals surface area contributed by atoms with E-state index in [2.05, 4.69) is 20.2 Å². The molecule has 5 nitrogen and oxygen atoms in total. The molecule has 0 amide bonds.